The van der Waals surface area contributed by atoms with Crippen LogP contribution in [0.2, 0.25) is 0 Å². The first-order valence-corrected chi connectivity index (χ1v) is 10.1. The minimum absolute atomic E-state index is 0.0688. The lowest BCUT2D eigenvalue weighted by atomic mass is 10.2. The molecule has 0 spiro atoms. The van der Waals surface area contributed by atoms with Crippen LogP contribution in [0.5, 0.6) is 0 Å². The third kappa shape index (κ3) is 4.34. The van der Waals surface area contributed by atoms with Crippen molar-refractivity contribution in [2.75, 3.05) is 6.54 Å². The molecule has 26 heavy (non-hydrogen) atoms. The number of benzene rings is 2. The van der Waals surface area contributed by atoms with Crippen molar-refractivity contribution in [3.8, 4) is 10.6 Å². The average molecular weight is 388 g/mol. The number of carbonyl (C=O) groups is 1. The van der Waals surface area contributed by atoms with Crippen LogP contribution >= 0.6 is 11.3 Å². The van der Waals surface area contributed by atoms with E-state index >= 15 is 0 Å². The van der Waals surface area contributed by atoms with Gasteiger partial charge in [0.05, 0.1) is 16.2 Å². The molecule has 0 amide bonds. The minimum atomic E-state index is -3.77. The summed E-state index contributed by atoms with van der Waals surface area (Å²) in [6, 6.07) is 15.0. The minimum Gasteiger partial charge on any atom is -0.478 e. The second-order valence-corrected chi connectivity index (χ2v) is 8.12. The number of nitrogens with zero attached hydrogens (tertiary/aromatic N) is 1. The number of thiazole rings is 1. The topological polar surface area (TPSA) is 96.4 Å². The van der Waals surface area contributed by atoms with Gasteiger partial charge in [-0.15, -0.1) is 11.3 Å². The van der Waals surface area contributed by atoms with Gasteiger partial charge in [-0.2, -0.15) is 0 Å². The highest BCUT2D eigenvalue weighted by atomic mass is 32.2. The Bertz CT molecular complexity index is 1010. The summed E-state index contributed by atoms with van der Waals surface area (Å²) in [5.74, 6) is -1.17. The van der Waals surface area contributed by atoms with Crippen molar-refractivity contribution < 1.29 is 18.3 Å². The molecule has 0 aliphatic carbocycles. The predicted octanol–water partition coefficient (Wildman–Crippen LogP) is 3.03. The zero-order valence-electron chi connectivity index (χ0n) is 13.6. The van der Waals surface area contributed by atoms with Crippen LogP contribution in [-0.4, -0.2) is 31.0 Å². The Kier molecular flexibility index (Phi) is 5.46. The molecule has 0 radical (unpaired) electrons. The Hall–Kier alpha value is -2.55. The lowest BCUT2D eigenvalue weighted by Crippen LogP contribution is -2.26. The summed E-state index contributed by atoms with van der Waals surface area (Å²) < 4.78 is 27.1. The molecule has 2 aromatic carbocycles. The molecule has 0 atom stereocenters. The molecule has 8 heteroatoms. The summed E-state index contributed by atoms with van der Waals surface area (Å²) in [7, 11) is -3.77. The summed E-state index contributed by atoms with van der Waals surface area (Å²) in [5, 5.41) is 11.8. The van der Waals surface area contributed by atoms with E-state index in [1.165, 1.54) is 29.5 Å². The van der Waals surface area contributed by atoms with Crippen molar-refractivity contribution in [2.24, 2.45) is 0 Å². The molecule has 0 aliphatic heterocycles. The van der Waals surface area contributed by atoms with Gasteiger partial charge in [-0.1, -0.05) is 36.4 Å². The van der Waals surface area contributed by atoms with Gasteiger partial charge in [0.2, 0.25) is 10.0 Å². The van der Waals surface area contributed by atoms with Gasteiger partial charge in [0.25, 0.3) is 0 Å². The van der Waals surface area contributed by atoms with Crippen LogP contribution in [0.25, 0.3) is 10.6 Å². The van der Waals surface area contributed by atoms with Crippen molar-refractivity contribution in [2.45, 2.75) is 11.3 Å². The molecule has 2 N–H and O–H groups in total. The average Bonchev–Trinajstić information content (AvgIpc) is 3.11. The van der Waals surface area contributed by atoms with Crippen LogP contribution < -0.4 is 4.72 Å². The summed E-state index contributed by atoms with van der Waals surface area (Å²) >= 11 is 1.51. The molecule has 1 aromatic heterocycles. The van der Waals surface area contributed by atoms with Crippen LogP contribution in [-0.2, 0) is 16.4 Å². The Balaban J connectivity index is 1.63. The van der Waals surface area contributed by atoms with Crippen LogP contribution in [0.3, 0.4) is 0 Å². The van der Waals surface area contributed by atoms with E-state index in [0.29, 0.717) is 6.42 Å². The molecule has 1 heterocycles. The molecule has 3 aromatic rings. The summed E-state index contributed by atoms with van der Waals surface area (Å²) in [4.78, 5) is 15.4. The normalized spacial score (nSPS) is 11.4. The third-order valence-corrected chi connectivity index (χ3v) is 6.04. The maximum absolute atomic E-state index is 12.3. The fourth-order valence-electron chi connectivity index (χ4n) is 2.33. The molecule has 0 fully saturated rings. The molecule has 134 valence electrons. The van der Waals surface area contributed by atoms with E-state index in [-0.39, 0.29) is 17.0 Å². The highest BCUT2D eigenvalue weighted by molar-refractivity contribution is 7.89. The number of hydrogen-bond donors (Lipinski definition) is 2. The lowest BCUT2D eigenvalue weighted by Gasteiger charge is -2.06. The van der Waals surface area contributed by atoms with Crippen molar-refractivity contribution >= 4 is 27.3 Å². The summed E-state index contributed by atoms with van der Waals surface area (Å²) in [6.45, 7) is 0.178. The van der Waals surface area contributed by atoms with E-state index < -0.39 is 16.0 Å². The third-order valence-electron chi connectivity index (χ3n) is 3.64. The molecule has 3 rings (SSSR count). The number of aromatic nitrogens is 1. The van der Waals surface area contributed by atoms with Crippen LogP contribution in [0.4, 0.5) is 0 Å². The van der Waals surface area contributed by atoms with E-state index in [9.17, 15) is 13.2 Å². The number of rotatable bonds is 7. The number of sulfonamides is 1. The molecule has 0 saturated heterocycles. The van der Waals surface area contributed by atoms with Gasteiger partial charge in [0.1, 0.15) is 5.01 Å². The van der Waals surface area contributed by atoms with E-state index in [0.717, 1.165) is 22.3 Å². The maximum Gasteiger partial charge on any atom is 0.335 e. The monoisotopic (exact) mass is 388 g/mol. The van der Waals surface area contributed by atoms with Gasteiger partial charge < -0.3 is 5.11 Å². The van der Waals surface area contributed by atoms with E-state index in [1.807, 2.05) is 35.7 Å². The Labute approximate surface area is 155 Å². The summed E-state index contributed by atoms with van der Waals surface area (Å²) in [5.41, 5.74) is 1.76. The van der Waals surface area contributed by atoms with Crippen molar-refractivity contribution in [3.63, 3.8) is 0 Å². The number of nitrogens with one attached hydrogen (secondary N) is 1. The molecule has 0 unspecified atom stereocenters. The fraction of sp³-hybridized carbons (Fsp3) is 0.111. The number of hydrogen-bond acceptors (Lipinski definition) is 5. The summed E-state index contributed by atoms with van der Waals surface area (Å²) in [6.07, 6.45) is 0.446. The SMILES string of the molecule is O=C(O)c1cccc(S(=O)(=O)NCCc2csc(-c3ccccc3)n2)c1. The molecule has 0 aliphatic rings. The highest BCUT2D eigenvalue weighted by Gasteiger charge is 2.16. The van der Waals surface area contributed by atoms with Crippen molar-refractivity contribution in [1.82, 2.24) is 9.71 Å². The maximum atomic E-state index is 12.3. The molecule has 0 bridgehead atoms. The first kappa shape index (κ1) is 18.2. The van der Waals surface area contributed by atoms with E-state index in [2.05, 4.69) is 9.71 Å². The van der Waals surface area contributed by atoms with E-state index in [1.54, 1.807) is 0 Å². The van der Waals surface area contributed by atoms with Gasteiger partial charge in [-0.05, 0) is 18.2 Å². The zero-order valence-corrected chi connectivity index (χ0v) is 15.3. The van der Waals surface area contributed by atoms with Gasteiger partial charge in [0, 0.05) is 23.9 Å². The highest BCUT2D eigenvalue weighted by Crippen LogP contribution is 2.23. The Morgan fingerprint density at radius 3 is 2.62 bits per heavy atom. The molecular formula is C18H16N2O4S2. The van der Waals surface area contributed by atoms with Crippen LogP contribution in [0, 0.1) is 0 Å². The van der Waals surface area contributed by atoms with Crippen LogP contribution in [0.1, 0.15) is 16.1 Å². The number of carboxylic acids is 1. The van der Waals surface area contributed by atoms with Gasteiger partial charge in [-0.3, -0.25) is 0 Å². The van der Waals surface area contributed by atoms with Crippen molar-refractivity contribution in [3.05, 3.63) is 71.2 Å². The standard InChI is InChI=1S/C18H16N2O4S2/c21-18(22)14-7-4-8-16(11-14)26(23,24)19-10-9-15-12-25-17(20-15)13-5-2-1-3-6-13/h1-8,11-12,19H,9-10H2,(H,21,22). The van der Waals surface area contributed by atoms with Crippen molar-refractivity contribution in [1.29, 1.82) is 0 Å². The molecular weight excluding hydrogens is 372 g/mol. The fourth-order valence-corrected chi connectivity index (χ4v) is 4.27. The van der Waals surface area contributed by atoms with Gasteiger partial charge in [0.15, 0.2) is 0 Å². The lowest BCUT2D eigenvalue weighted by molar-refractivity contribution is 0.0696. The molecule has 6 nitrogen and oxygen atoms in total. The Morgan fingerprint density at radius 2 is 1.88 bits per heavy atom. The first-order valence-electron chi connectivity index (χ1n) is 7.78. The molecule has 0 saturated carbocycles. The second kappa shape index (κ2) is 7.77. The number of aromatic carboxylic acids is 1. The Morgan fingerprint density at radius 1 is 1.12 bits per heavy atom. The van der Waals surface area contributed by atoms with Crippen LogP contribution in [0.15, 0.2) is 64.9 Å². The second-order valence-electron chi connectivity index (χ2n) is 5.49. The van der Waals surface area contributed by atoms with Gasteiger partial charge in [-0.25, -0.2) is 22.9 Å². The smallest absolute Gasteiger partial charge is 0.335 e. The largest absolute Gasteiger partial charge is 0.478 e. The van der Waals surface area contributed by atoms with E-state index in [4.69, 9.17) is 5.11 Å². The quantitative estimate of drug-likeness (QED) is 0.648. The first-order chi connectivity index (χ1) is 12.5. The predicted molar refractivity (Wildman–Crippen MR) is 99.8 cm³/mol. The van der Waals surface area contributed by atoms with Gasteiger partial charge >= 0.3 is 5.97 Å². The zero-order chi connectivity index (χ0) is 18.6. The number of carboxylic acid groups (broad SMARTS) is 1.